The molecule has 0 bridgehead atoms. The summed E-state index contributed by atoms with van der Waals surface area (Å²) in [5, 5.41) is 17.2. The molecule has 0 radical (unpaired) electrons. The van der Waals surface area contributed by atoms with Crippen molar-refractivity contribution in [2.24, 2.45) is 0 Å². The van der Waals surface area contributed by atoms with Crippen molar-refractivity contribution in [3.8, 4) is 12.1 Å². The fourth-order valence-corrected chi connectivity index (χ4v) is 1.99. The number of aromatic nitrogens is 2. The first-order valence-electron chi connectivity index (χ1n) is 9.45. The van der Waals surface area contributed by atoms with Crippen LogP contribution in [0.2, 0.25) is 0 Å². The van der Waals surface area contributed by atoms with Crippen LogP contribution >= 0.6 is 15.6 Å². The van der Waals surface area contributed by atoms with Gasteiger partial charge in [-0.05, 0) is 35.0 Å². The second-order valence-electron chi connectivity index (χ2n) is 6.49. The summed E-state index contributed by atoms with van der Waals surface area (Å²) < 4.78 is 118. The predicted molar refractivity (Wildman–Crippen MR) is 126 cm³/mol. The number of fused-ring (bicyclic) bond motifs is 2. The predicted octanol–water partition coefficient (Wildman–Crippen LogP) is 12.2. The molecule has 0 atom stereocenters. The number of hydrogen-bond donors (Lipinski definition) is 2. The van der Waals surface area contributed by atoms with Gasteiger partial charge < -0.3 is 9.97 Å². The van der Waals surface area contributed by atoms with E-state index < -0.39 is 15.6 Å². The van der Waals surface area contributed by atoms with Crippen LogP contribution in [-0.2, 0) is 40.8 Å². The summed E-state index contributed by atoms with van der Waals surface area (Å²) in [5.41, 5.74) is 2.41. The molecule has 40 heavy (non-hydrogen) atoms. The molecule has 2 heterocycles. The van der Waals surface area contributed by atoms with Gasteiger partial charge in [0.25, 0.3) is 0 Å². The standard InChI is InChI=1S/2C8H7N.2C2H3N.2F6P.2Pd/c2*1-2-4-8-7(3-1)5-6-9-8;2*1-2-3;2*1-7(2,3,4,5)6;;/h2*1-6,9H;2*1H3;;;;/q;;;;2*-1;;. The summed E-state index contributed by atoms with van der Waals surface area (Å²) in [7, 11) is -21.3. The molecular weight excluding hydrogens is 799 g/mol. The molecule has 236 valence electrons. The second kappa shape index (κ2) is 15.2. The number of H-pyrrole nitrogens is 2. The quantitative estimate of drug-likeness (QED) is 0.105. The first-order chi connectivity index (χ1) is 16.7. The van der Waals surface area contributed by atoms with Crippen LogP contribution in [0.15, 0.2) is 73.1 Å². The third-order valence-corrected chi connectivity index (χ3v) is 2.93. The maximum Gasteiger partial charge on any atom is 0.0453 e. The van der Waals surface area contributed by atoms with Gasteiger partial charge in [-0.2, -0.15) is 10.5 Å². The van der Waals surface area contributed by atoms with E-state index in [0.717, 1.165) is 0 Å². The van der Waals surface area contributed by atoms with Gasteiger partial charge in [-0.15, -0.1) is 0 Å². The van der Waals surface area contributed by atoms with Crippen molar-refractivity contribution in [3.63, 3.8) is 0 Å². The Bertz CT molecular complexity index is 1170. The number of para-hydroxylation sites is 2. The van der Waals surface area contributed by atoms with E-state index in [0.29, 0.717) is 0 Å². The maximum atomic E-state index is 9.87. The van der Waals surface area contributed by atoms with Gasteiger partial charge in [-0.25, -0.2) is 0 Å². The largest absolute Gasteiger partial charge is 0.361 e. The molecule has 0 amide bonds. The summed E-state index contributed by atoms with van der Waals surface area (Å²) >= 11 is 0. The zero-order valence-corrected chi connectivity index (χ0v) is 24.8. The first-order valence-corrected chi connectivity index (χ1v) is 13.5. The summed E-state index contributed by atoms with van der Waals surface area (Å²) in [4.78, 5) is 6.24. The minimum absolute atomic E-state index is 0. The third kappa shape index (κ3) is 42.9. The monoisotopic (exact) mass is 818 g/mol. The maximum absolute atomic E-state index is 10.7. The van der Waals surface area contributed by atoms with Crippen molar-refractivity contribution in [1.29, 1.82) is 10.5 Å². The SMILES string of the molecule is CC#N.CC#N.F[P-](F)(F)(F)(F)F.F[P-](F)(F)(F)(F)F.[Pd].[Pd].c1ccc2[nH]ccc2c1.c1ccc2[nH]ccc2c1. The van der Waals surface area contributed by atoms with E-state index in [1.807, 2.05) is 36.7 Å². The number of nitriles is 2. The molecular formula is C20H20F12N4P2Pd2-2. The number of halogens is 12. The molecule has 2 aromatic heterocycles. The van der Waals surface area contributed by atoms with Gasteiger partial charge in [0.15, 0.2) is 0 Å². The Morgan fingerprint density at radius 3 is 0.900 bits per heavy atom. The third-order valence-electron chi connectivity index (χ3n) is 2.93. The van der Waals surface area contributed by atoms with E-state index in [4.69, 9.17) is 10.5 Å². The molecule has 4 nitrogen and oxygen atoms in total. The molecule has 0 fully saturated rings. The van der Waals surface area contributed by atoms with Crippen LogP contribution in [0.3, 0.4) is 0 Å². The average Bonchev–Trinajstić information content (AvgIpc) is 3.34. The number of nitrogens with one attached hydrogen (secondary N) is 2. The van der Waals surface area contributed by atoms with E-state index in [-0.39, 0.29) is 40.8 Å². The van der Waals surface area contributed by atoms with Crippen molar-refractivity contribution in [2.45, 2.75) is 13.8 Å². The fraction of sp³-hybridized carbons (Fsp3) is 0.100. The van der Waals surface area contributed by atoms with Gasteiger partial charge in [-0.1, -0.05) is 36.4 Å². The van der Waals surface area contributed by atoms with Crippen LogP contribution in [0.25, 0.3) is 21.8 Å². The van der Waals surface area contributed by atoms with Crippen LogP contribution in [0.1, 0.15) is 13.8 Å². The number of nitrogens with zero attached hydrogens (tertiary/aromatic N) is 2. The molecule has 0 aliphatic carbocycles. The van der Waals surface area contributed by atoms with Gasteiger partial charge in [0, 0.05) is 78.1 Å². The molecule has 2 aromatic carbocycles. The van der Waals surface area contributed by atoms with E-state index in [1.54, 1.807) is 12.1 Å². The normalized spacial score (nSPS) is 13.1. The Balaban J connectivity index is -0.000000201. The summed E-state index contributed by atoms with van der Waals surface area (Å²) in [5.74, 6) is 0. The molecule has 0 aliphatic heterocycles. The van der Waals surface area contributed by atoms with Crippen molar-refractivity contribution in [1.82, 2.24) is 9.97 Å². The Morgan fingerprint density at radius 2 is 0.700 bits per heavy atom. The van der Waals surface area contributed by atoms with Crippen LogP contribution < -0.4 is 0 Å². The van der Waals surface area contributed by atoms with Crippen LogP contribution in [0.4, 0.5) is 50.4 Å². The van der Waals surface area contributed by atoms with Crippen molar-refractivity contribution >= 4 is 37.4 Å². The minimum Gasteiger partial charge on any atom is -0.361 e. The number of aromatic amines is 2. The van der Waals surface area contributed by atoms with Gasteiger partial charge in [0.05, 0.1) is 12.1 Å². The number of hydrogen-bond acceptors (Lipinski definition) is 2. The second-order valence-corrected chi connectivity index (χ2v) is 10.3. The van der Waals surface area contributed by atoms with Crippen LogP contribution in [0, 0.1) is 22.7 Å². The number of rotatable bonds is 0. The van der Waals surface area contributed by atoms with Crippen LogP contribution in [-0.4, -0.2) is 9.97 Å². The Morgan fingerprint density at radius 1 is 0.500 bits per heavy atom. The smallest absolute Gasteiger partial charge is 0.0453 e. The van der Waals surface area contributed by atoms with E-state index in [1.165, 1.54) is 35.7 Å². The van der Waals surface area contributed by atoms with Crippen LogP contribution in [0.5, 0.6) is 0 Å². The molecule has 4 rings (SSSR count). The van der Waals surface area contributed by atoms with Crippen molar-refractivity contribution in [2.75, 3.05) is 0 Å². The van der Waals surface area contributed by atoms with Gasteiger partial charge in [-0.3, -0.25) is 0 Å². The van der Waals surface area contributed by atoms with Crippen molar-refractivity contribution < 1.29 is 91.2 Å². The van der Waals surface area contributed by atoms with E-state index in [2.05, 4.69) is 46.4 Å². The molecule has 4 aromatic rings. The van der Waals surface area contributed by atoms with Gasteiger partial charge in [0.2, 0.25) is 0 Å². The first kappa shape index (κ1) is 44.9. The summed E-state index contributed by atoms with van der Waals surface area (Å²) in [6.07, 6.45) is 3.90. The average molecular weight is 819 g/mol. The molecule has 0 saturated heterocycles. The summed E-state index contributed by atoms with van der Waals surface area (Å²) in [6, 6.07) is 24.1. The van der Waals surface area contributed by atoms with Gasteiger partial charge >= 0.3 is 66.0 Å². The molecule has 20 heteroatoms. The zero-order valence-electron chi connectivity index (χ0n) is 19.9. The number of benzene rings is 2. The van der Waals surface area contributed by atoms with E-state index in [9.17, 15) is 50.4 Å². The Labute approximate surface area is 247 Å². The Hall–Kier alpha value is -2.16. The molecule has 0 spiro atoms. The molecule has 0 unspecified atom stereocenters. The zero-order chi connectivity index (χ0) is 30.4. The molecule has 0 aliphatic rings. The van der Waals surface area contributed by atoms with E-state index >= 15 is 0 Å². The van der Waals surface area contributed by atoms with Crippen molar-refractivity contribution in [3.05, 3.63) is 73.1 Å². The molecule has 2 N–H and O–H groups in total. The minimum atomic E-state index is -10.7. The summed E-state index contributed by atoms with van der Waals surface area (Å²) in [6.45, 7) is 2.86. The Kier molecular flexibility index (Phi) is 17.0. The fourth-order valence-electron chi connectivity index (χ4n) is 1.99. The van der Waals surface area contributed by atoms with Gasteiger partial charge in [0.1, 0.15) is 0 Å². The topological polar surface area (TPSA) is 79.2 Å². The molecule has 0 saturated carbocycles.